The Labute approximate surface area is 140 Å². The van der Waals surface area contributed by atoms with Crippen LogP contribution in [0, 0.1) is 0 Å². The third-order valence-electron chi connectivity index (χ3n) is 3.76. The maximum Gasteiger partial charge on any atom is 0.185 e. The number of hydrogen-bond donors (Lipinski definition) is 1. The first kappa shape index (κ1) is 17.7. The van der Waals surface area contributed by atoms with Crippen molar-refractivity contribution < 1.29 is 9.53 Å². The summed E-state index contributed by atoms with van der Waals surface area (Å²) in [5, 5.41) is 11.2. The molecule has 2 aromatic carbocycles. The smallest absolute Gasteiger partial charge is 0.185 e. The van der Waals surface area contributed by atoms with Gasteiger partial charge in [0.25, 0.3) is 0 Å². The van der Waals surface area contributed by atoms with E-state index in [1.165, 1.54) is 0 Å². The summed E-state index contributed by atoms with van der Waals surface area (Å²) in [6.07, 6.45) is 1.63. The van der Waals surface area contributed by atoms with Gasteiger partial charge in [-0.1, -0.05) is 66.7 Å². The zero-order valence-electron chi connectivity index (χ0n) is 14.2. The summed E-state index contributed by atoms with van der Waals surface area (Å²) in [5.41, 5.74) is 1.03. The lowest BCUT2D eigenvalue weighted by Crippen LogP contribution is -2.44. The Morgan fingerprint density at radius 1 is 1.04 bits per heavy atom. The van der Waals surface area contributed by atoms with Crippen LogP contribution in [-0.2, 0) is 10.0 Å². The van der Waals surface area contributed by atoms with Gasteiger partial charge in [0.2, 0.25) is 0 Å². The largest absolute Gasteiger partial charge is 0.405 e. The molecule has 0 aliphatic heterocycles. The molecule has 1 N–H and O–H groups in total. The first-order valence-electron chi connectivity index (χ1n) is 7.99. The molecule has 0 unspecified atom stereocenters. The lowest BCUT2D eigenvalue weighted by molar-refractivity contribution is -0.0664. The predicted molar refractivity (Wildman–Crippen MR) is 98.8 cm³/mol. The fourth-order valence-corrected chi connectivity index (χ4v) is 4.33. The van der Waals surface area contributed by atoms with Crippen molar-refractivity contribution in [2.75, 3.05) is 0 Å². The van der Waals surface area contributed by atoms with E-state index in [4.69, 9.17) is 4.43 Å². The minimum absolute atomic E-state index is 0.553. The van der Waals surface area contributed by atoms with Crippen molar-refractivity contribution in [2.24, 2.45) is 0 Å². The second-order valence-electron chi connectivity index (χ2n) is 6.78. The Kier molecular flexibility index (Phi) is 5.58. The molecule has 2 atom stereocenters. The van der Waals surface area contributed by atoms with Crippen LogP contribution >= 0.6 is 0 Å². The van der Waals surface area contributed by atoms with E-state index < -0.39 is 20.0 Å². The average molecular weight is 327 g/mol. The van der Waals surface area contributed by atoms with Gasteiger partial charge in [0.15, 0.2) is 8.32 Å². The number of rotatable bonds is 7. The Morgan fingerprint density at radius 3 is 2.04 bits per heavy atom. The van der Waals surface area contributed by atoms with Crippen LogP contribution in [0.2, 0.25) is 19.6 Å². The lowest BCUT2D eigenvalue weighted by atomic mass is 9.82. The molecule has 2 aromatic rings. The van der Waals surface area contributed by atoms with E-state index in [9.17, 15) is 5.11 Å². The van der Waals surface area contributed by atoms with Gasteiger partial charge in [-0.25, -0.2) is 0 Å². The second-order valence-corrected chi connectivity index (χ2v) is 11.2. The molecule has 0 heterocycles. The van der Waals surface area contributed by atoms with Crippen LogP contribution in [0.5, 0.6) is 0 Å². The Hall–Kier alpha value is -1.68. The van der Waals surface area contributed by atoms with E-state index in [1.807, 2.05) is 66.7 Å². The van der Waals surface area contributed by atoms with Gasteiger partial charge in [-0.15, -0.1) is 6.58 Å². The molecule has 2 rings (SSSR count). The highest BCUT2D eigenvalue weighted by Gasteiger charge is 2.43. The van der Waals surface area contributed by atoms with Crippen molar-refractivity contribution in [1.82, 2.24) is 0 Å². The van der Waals surface area contributed by atoms with Crippen LogP contribution in [0.4, 0.5) is 0 Å². The van der Waals surface area contributed by atoms with Gasteiger partial charge in [-0.3, -0.25) is 0 Å². The van der Waals surface area contributed by atoms with Gasteiger partial charge >= 0.3 is 0 Å². The molecule has 0 aliphatic rings. The zero-order chi connectivity index (χ0) is 16.9. The van der Waals surface area contributed by atoms with Crippen LogP contribution in [0.25, 0.3) is 0 Å². The zero-order valence-corrected chi connectivity index (χ0v) is 15.2. The summed E-state index contributed by atoms with van der Waals surface area (Å²) in [7, 11) is -1.92. The van der Waals surface area contributed by atoms with Crippen LogP contribution in [0.15, 0.2) is 73.3 Å². The monoisotopic (exact) mass is 326 g/mol. The molecule has 0 bridgehead atoms. The molecule has 0 radical (unpaired) electrons. The van der Waals surface area contributed by atoms with Crippen molar-refractivity contribution >= 4 is 8.32 Å². The predicted octanol–water partition coefficient (Wildman–Crippen LogP) is 5.04. The molecule has 3 heteroatoms. The van der Waals surface area contributed by atoms with Crippen molar-refractivity contribution in [1.29, 1.82) is 0 Å². The molecule has 0 aromatic heterocycles. The van der Waals surface area contributed by atoms with Crippen molar-refractivity contribution in [3.8, 4) is 0 Å². The van der Waals surface area contributed by atoms with Crippen molar-refractivity contribution in [3.05, 3.63) is 84.4 Å². The van der Waals surface area contributed by atoms with Gasteiger partial charge in [0.1, 0.15) is 11.7 Å². The molecule has 23 heavy (non-hydrogen) atoms. The summed E-state index contributed by atoms with van der Waals surface area (Å²) in [5.74, 6) is 0. The maximum atomic E-state index is 11.2. The normalized spacial score (nSPS) is 15.7. The minimum atomic E-state index is -1.92. The number of benzene rings is 2. The summed E-state index contributed by atoms with van der Waals surface area (Å²) >= 11 is 0. The van der Waals surface area contributed by atoms with Gasteiger partial charge in [0.05, 0.1) is 0 Å². The summed E-state index contributed by atoms with van der Waals surface area (Å²) < 4.78 is 6.59. The quantitative estimate of drug-likeness (QED) is 0.570. The fraction of sp³-hybridized carbons (Fsp3) is 0.300. The van der Waals surface area contributed by atoms with Gasteiger partial charge in [-0.2, -0.15) is 0 Å². The molecule has 0 aliphatic carbocycles. The summed E-state index contributed by atoms with van der Waals surface area (Å²) in [6.45, 7) is 10.3. The lowest BCUT2D eigenvalue weighted by Gasteiger charge is -2.43. The second kappa shape index (κ2) is 7.26. The third kappa shape index (κ3) is 4.19. The molecule has 0 saturated heterocycles. The van der Waals surface area contributed by atoms with Gasteiger partial charge < -0.3 is 9.53 Å². The molecule has 122 valence electrons. The van der Waals surface area contributed by atoms with E-state index in [1.54, 1.807) is 0 Å². The third-order valence-corrected chi connectivity index (χ3v) is 4.73. The topological polar surface area (TPSA) is 29.5 Å². The van der Waals surface area contributed by atoms with Crippen molar-refractivity contribution in [3.63, 3.8) is 0 Å². The van der Waals surface area contributed by atoms with E-state index in [0.717, 1.165) is 11.1 Å². The highest BCUT2D eigenvalue weighted by molar-refractivity contribution is 6.69. The number of aliphatic hydroxyl groups is 1. The molecule has 0 amide bonds. The summed E-state index contributed by atoms with van der Waals surface area (Å²) in [4.78, 5) is 0. The molecule has 2 nitrogen and oxygen atoms in total. The highest BCUT2D eigenvalue weighted by atomic mass is 28.4. The first-order valence-corrected chi connectivity index (χ1v) is 11.4. The Balaban J connectivity index is 2.59. The fourth-order valence-electron chi connectivity index (χ4n) is 2.93. The van der Waals surface area contributed by atoms with Crippen LogP contribution < -0.4 is 0 Å². The highest BCUT2D eigenvalue weighted by Crippen LogP contribution is 2.43. The van der Waals surface area contributed by atoms with Crippen molar-refractivity contribution in [2.45, 2.75) is 37.8 Å². The average Bonchev–Trinajstić information content (AvgIpc) is 2.54. The van der Waals surface area contributed by atoms with E-state index >= 15 is 0 Å². The molecule has 0 fully saturated rings. The van der Waals surface area contributed by atoms with Crippen LogP contribution in [-0.4, -0.2) is 13.4 Å². The van der Waals surface area contributed by atoms with Crippen LogP contribution in [0.3, 0.4) is 0 Å². The van der Waals surface area contributed by atoms with Crippen LogP contribution in [0.1, 0.15) is 23.7 Å². The number of aliphatic hydroxyl groups excluding tert-OH is 1. The molecule has 0 spiro atoms. The first-order chi connectivity index (χ1) is 10.9. The van der Waals surface area contributed by atoms with Gasteiger partial charge in [-0.05, 0) is 30.8 Å². The Morgan fingerprint density at radius 2 is 1.57 bits per heavy atom. The van der Waals surface area contributed by atoms with Gasteiger partial charge in [0, 0.05) is 6.42 Å². The van der Waals surface area contributed by atoms with E-state index in [0.29, 0.717) is 6.42 Å². The number of hydrogen-bond acceptors (Lipinski definition) is 2. The standard InChI is InChI=1S/C20H26O2Si/c1-5-16-20(22-23(2,3)4,18-14-10-7-11-15-18)19(21)17-12-8-6-9-13-17/h5-15,19,21H,1,16H2,2-4H3/t19-,20+/m1/s1. The van der Waals surface area contributed by atoms with E-state index in [2.05, 4.69) is 26.2 Å². The molecular weight excluding hydrogens is 300 g/mol. The SMILES string of the molecule is C=CC[C@](O[Si](C)(C)C)(c1ccccc1)[C@H](O)c1ccccc1. The summed E-state index contributed by atoms with van der Waals surface area (Å²) in [6, 6.07) is 19.7. The van der Waals surface area contributed by atoms with E-state index in [-0.39, 0.29) is 0 Å². The maximum absolute atomic E-state index is 11.2. The Bertz CT molecular complexity index is 619. The molecular formula is C20H26O2Si. The minimum Gasteiger partial charge on any atom is -0.405 e. The molecule has 0 saturated carbocycles.